The van der Waals surface area contributed by atoms with Gasteiger partial charge in [0.1, 0.15) is 9.22 Å². The van der Waals surface area contributed by atoms with E-state index in [9.17, 15) is 8.42 Å². The fraction of sp³-hybridized carbons (Fsp3) is 0.375. The number of hydrogen-bond donors (Lipinski definition) is 1. The van der Waals surface area contributed by atoms with Crippen LogP contribution in [0.25, 0.3) is 21.6 Å². The number of hydrogen-bond acceptors (Lipinski definition) is 8. The van der Waals surface area contributed by atoms with E-state index in [2.05, 4.69) is 21.9 Å². The molecular formula is C24H30N4O4S3. The number of aromatic nitrogens is 2. The Kier molecular flexibility index (Phi) is 8.58. The van der Waals surface area contributed by atoms with Gasteiger partial charge in [0, 0.05) is 43.3 Å². The van der Waals surface area contributed by atoms with Crippen molar-refractivity contribution in [1.29, 1.82) is 0 Å². The molecule has 1 aromatic carbocycles. The molecule has 0 saturated carbocycles. The summed E-state index contributed by atoms with van der Waals surface area (Å²) in [4.78, 5) is 11.4. The second kappa shape index (κ2) is 11.6. The summed E-state index contributed by atoms with van der Waals surface area (Å²) in [5.41, 5.74) is 2.22. The highest BCUT2D eigenvalue weighted by atomic mass is 32.2. The SMILES string of the molecule is CCOCCN(c1cccc2cc(-c3ncc(CN(C)CCOC)s3)[nH]c12)S(=O)(=O)c1cccs1. The van der Waals surface area contributed by atoms with Gasteiger partial charge in [-0.15, -0.1) is 22.7 Å². The van der Waals surface area contributed by atoms with Gasteiger partial charge in [-0.2, -0.15) is 0 Å². The van der Waals surface area contributed by atoms with Crippen LogP contribution in [-0.4, -0.2) is 70.4 Å². The van der Waals surface area contributed by atoms with E-state index < -0.39 is 10.0 Å². The van der Waals surface area contributed by atoms with Gasteiger partial charge in [0.2, 0.25) is 0 Å². The highest BCUT2D eigenvalue weighted by Crippen LogP contribution is 2.35. The van der Waals surface area contributed by atoms with Crippen LogP contribution in [0.5, 0.6) is 0 Å². The van der Waals surface area contributed by atoms with Crippen molar-refractivity contribution in [1.82, 2.24) is 14.9 Å². The van der Waals surface area contributed by atoms with Crippen molar-refractivity contribution in [3.8, 4) is 10.7 Å². The van der Waals surface area contributed by atoms with Gasteiger partial charge < -0.3 is 14.5 Å². The summed E-state index contributed by atoms with van der Waals surface area (Å²) in [5.74, 6) is 0. The summed E-state index contributed by atoms with van der Waals surface area (Å²) in [7, 11) is 0.0228. The van der Waals surface area contributed by atoms with Gasteiger partial charge in [0.05, 0.1) is 36.7 Å². The maximum atomic E-state index is 13.5. The molecule has 4 rings (SSSR count). The number of H-pyrrole nitrogens is 1. The normalized spacial score (nSPS) is 12.1. The molecule has 11 heteroatoms. The van der Waals surface area contributed by atoms with E-state index in [0.29, 0.717) is 29.7 Å². The van der Waals surface area contributed by atoms with Crippen LogP contribution >= 0.6 is 22.7 Å². The number of methoxy groups -OCH3 is 1. The number of aromatic amines is 1. The molecule has 0 amide bonds. The van der Waals surface area contributed by atoms with Crippen LogP contribution in [0.2, 0.25) is 0 Å². The minimum Gasteiger partial charge on any atom is -0.383 e. The Morgan fingerprint density at radius 2 is 2.00 bits per heavy atom. The molecule has 8 nitrogen and oxygen atoms in total. The topological polar surface area (TPSA) is 87.8 Å². The third-order valence-electron chi connectivity index (χ3n) is 5.47. The highest BCUT2D eigenvalue weighted by molar-refractivity contribution is 7.94. The smallest absolute Gasteiger partial charge is 0.273 e. The van der Waals surface area contributed by atoms with E-state index in [1.807, 2.05) is 37.4 Å². The number of thiophene rings is 1. The summed E-state index contributed by atoms with van der Waals surface area (Å²) in [6.07, 6.45) is 1.89. The number of thiazole rings is 1. The van der Waals surface area contributed by atoms with Crippen LogP contribution in [0.4, 0.5) is 5.69 Å². The Bertz CT molecular complexity index is 1330. The van der Waals surface area contributed by atoms with E-state index in [1.54, 1.807) is 36.0 Å². The number of para-hydroxylation sites is 1. The summed E-state index contributed by atoms with van der Waals surface area (Å²) in [5, 5.41) is 3.56. The number of nitrogens with zero attached hydrogens (tertiary/aromatic N) is 3. The first-order valence-electron chi connectivity index (χ1n) is 11.3. The first-order chi connectivity index (χ1) is 16.9. The monoisotopic (exact) mass is 534 g/mol. The van der Waals surface area contributed by atoms with Crippen molar-refractivity contribution in [2.75, 3.05) is 51.4 Å². The predicted molar refractivity (Wildman–Crippen MR) is 143 cm³/mol. The fourth-order valence-electron chi connectivity index (χ4n) is 3.74. The standard InChI is InChI=1S/C24H30N4O4S3/c1-4-32-13-11-28(35(29,30)22-9-6-14-33-22)21-8-5-7-18-15-20(26-23(18)21)24-25-16-19(34-24)17-27(2)10-12-31-3/h5-9,14-16,26H,4,10-13,17H2,1-3H3. The van der Waals surface area contributed by atoms with Crippen molar-refractivity contribution in [3.05, 3.63) is 52.9 Å². The number of sulfonamides is 1. The van der Waals surface area contributed by atoms with Gasteiger partial charge in [-0.25, -0.2) is 13.4 Å². The summed E-state index contributed by atoms with van der Waals surface area (Å²) in [6, 6.07) is 11.1. The summed E-state index contributed by atoms with van der Waals surface area (Å²) < 4.78 is 39.5. The van der Waals surface area contributed by atoms with Crippen molar-refractivity contribution < 1.29 is 17.9 Å². The predicted octanol–water partition coefficient (Wildman–Crippen LogP) is 4.66. The van der Waals surface area contributed by atoms with E-state index in [4.69, 9.17) is 9.47 Å². The second-order valence-electron chi connectivity index (χ2n) is 7.99. The van der Waals surface area contributed by atoms with E-state index in [1.165, 1.54) is 15.6 Å². The van der Waals surface area contributed by atoms with Crippen LogP contribution < -0.4 is 4.31 Å². The first-order valence-corrected chi connectivity index (χ1v) is 14.5. The lowest BCUT2D eigenvalue weighted by molar-refractivity contribution is 0.156. The number of ether oxygens (including phenoxy) is 2. The number of rotatable bonds is 13. The molecule has 3 heterocycles. The minimum absolute atomic E-state index is 0.219. The molecular weight excluding hydrogens is 504 g/mol. The molecule has 1 N–H and O–H groups in total. The van der Waals surface area contributed by atoms with Gasteiger partial charge in [0.25, 0.3) is 10.0 Å². The Labute approximate surface area is 214 Å². The number of anilines is 1. The zero-order valence-electron chi connectivity index (χ0n) is 20.1. The molecule has 0 unspecified atom stereocenters. The quantitative estimate of drug-likeness (QED) is 0.251. The van der Waals surface area contributed by atoms with Crippen LogP contribution in [0.3, 0.4) is 0 Å². The molecule has 0 aliphatic rings. The average molecular weight is 535 g/mol. The van der Waals surface area contributed by atoms with Crippen molar-refractivity contribution >= 4 is 49.3 Å². The Balaban J connectivity index is 1.67. The Morgan fingerprint density at radius 1 is 1.14 bits per heavy atom. The summed E-state index contributed by atoms with van der Waals surface area (Å²) >= 11 is 2.83. The lowest BCUT2D eigenvalue weighted by Gasteiger charge is -2.24. The van der Waals surface area contributed by atoms with Gasteiger partial charge in [-0.1, -0.05) is 18.2 Å². The Morgan fingerprint density at radius 3 is 2.74 bits per heavy atom. The first kappa shape index (κ1) is 25.8. The van der Waals surface area contributed by atoms with Gasteiger partial charge >= 0.3 is 0 Å². The van der Waals surface area contributed by atoms with Crippen LogP contribution in [0, 0.1) is 0 Å². The van der Waals surface area contributed by atoms with Crippen molar-refractivity contribution in [3.63, 3.8) is 0 Å². The third kappa shape index (κ3) is 5.93. The van der Waals surface area contributed by atoms with E-state index in [0.717, 1.165) is 39.6 Å². The third-order valence-corrected chi connectivity index (χ3v) is 9.67. The van der Waals surface area contributed by atoms with Crippen LogP contribution in [0.15, 0.2) is 52.2 Å². The maximum Gasteiger partial charge on any atom is 0.273 e. The average Bonchev–Trinajstić information content (AvgIpc) is 3.60. The lowest BCUT2D eigenvalue weighted by atomic mass is 10.2. The molecule has 0 aliphatic carbocycles. The second-order valence-corrected chi connectivity index (χ2v) is 12.1. The van der Waals surface area contributed by atoms with E-state index >= 15 is 0 Å². The summed E-state index contributed by atoms with van der Waals surface area (Å²) in [6.45, 7) is 5.26. The van der Waals surface area contributed by atoms with Gasteiger partial charge in [-0.3, -0.25) is 9.21 Å². The number of benzene rings is 1. The fourth-order valence-corrected chi connectivity index (χ4v) is 7.27. The zero-order chi connectivity index (χ0) is 24.8. The van der Waals surface area contributed by atoms with Crippen molar-refractivity contribution in [2.45, 2.75) is 17.7 Å². The molecule has 35 heavy (non-hydrogen) atoms. The number of nitrogens with one attached hydrogen (secondary N) is 1. The van der Waals surface area contributed by atoms with Gasteiger partial charge in [0.15, 0.2) is 0 Å². The molecule has 0 radical (unpaired) electrons. The van der Waals surface area contributed by atoms with Crippen LogP contribution in [-0.2, 0) is 26.0 Å². The lowest BCUT2D eigenvalue weighted by Crippen LogP contribution is -2.34. The minimum atomic E-state index is -3.73. The molecule has 4 aromatic rings. The highest BCUT2D eigenvalue weighted by Gasteiger charge is 2.28. The Hall–Kier alpha value is -2.28. The molecule has 0 spiro atoms. The maximum absolute atomic E-state index is 13.5. The molecule has 0 saturated heterocycles. The molecule has 0 aliphatic heterocycles. The largest absolute Gasteiger partial charge is 0.383 e. The molecule has 0 atom stereocenters. The molecule has 188 valence electrons. The number of likely N-dealkylation sites (N-methyl/N-ethyl adjacent to an activating group) is 1. The zero-order valence-corrected chi connectivity index (χ0v) is 22.5. The molecule has 0 bridgehead atoms. The van der Waals surface area contributed by atoms with E-state index in [-0.39, 0.29) is 6.54 Å². The molecule has 0 fully saturated rings. The van der Waals surface area contributed by atoms with Gasteiger partial charge in [-0.05, 0) is 37.6 Å². The molecule has 3 aromatic heterocycles. The number of fused-ring (bicyclic) bond motifs is 1. The van der Waals surface area contributed by atoms with Crippen molar-refractivity contribution in [2.24, 2.45) is 0 Å². The van der Waals surface area contributed by atoms with Crippen LogP contribution in [0.1, 0.15) is 11.8 Å².